The van der Waals surface area contributed by atoms with Crippen molar-refractivity contribution in [2.45, 2.75) is 39.5 Å². The van der Waals surface area contributed by atoms with Gasteiger partial charge in [-0.25, -0.2) is 4.39 Å². The van der Waals surface area contributed by atoms with E-state index in [4.69, 9.17) is 0 Å². The maximum atomic E-state index is 14.0. The lowest BCUT2D eigenvalue weighted by Crippen LogP contribution is -2.26. The van der Waals surface area contributed by atoms with Crippen LogP contribution in [0.25, 0.3) is 17.0 Å². The molecule has 0 saturated carbocycles. The van der Waals surface area contributed by atoms with E-state index in [9.17, 15) is 4.39 Å². The normalized spacial score (nSPS) is 14.1. The van der Waals surface area contributed by atoms with Gasteiger partial charge in [0, 0.05) is 30.4 Å². The molecule has 0 amide bonds. The van der Waals surface area contributed by atoms with Crippen LogP contribution in [0.15, 0.2) is 24.0 Å². The van der Waals surface area contributed by atoms with Gasteiger partial charge in [0.2, 0.25) is 0 Å². The molecule has 0 radical (unpaired) electrons. The average molecular weight is 286 g/mol. The van der Waals surface area contributed by atoms with Gasteiger partial charge in [-0.2, -0.15) is 0 Å². The van der Waals surface area contributed by atoms with E-state index in [1.807, 2.05) is 12.3 Å². The number of H-pyrrole nitrogens is 1. The van der Waals surface area contributed by atoms with E-state index in [0.717, 1.165) is 49.7 Å². The summed E-state index contributed by atoms with van der Waals surface area (Å²) >= 11 is 0. The number of nitrogens with zero attached hydrogens (tertiary/aromatic N) is 1. The van der Waals surface area contributed by atoms with E-state index >= 15 is 0 Å². The second-order valence-corrected chi connectivity index (χ2v) is 5.82. The van der Waals surface area contributed by atoms with Gasteiger partial charge in [-0.15, -0.1) is 0 Å². The lowest BCUT2D eigenvalue weighted by atomic mass is 9.92. The molecule has 0 bridgehead atoms. The first kappa shape index (κ1) is 14.2. The van der Waals surface area contributed by atoms with Gasteiger partial charge < -0.3 is 9.88 Å². The van der Waals surface area contributed by atoms with Crippen molar-refractivity contribution in [2.24, 2.45) is 0 Å². The molecule has 0 aliphatic heterocycles. The minimum Gasteiger partial charge on any atom is -0.375 e. The number of aryl methyl sites for hydroxylation is 1. The first-order valence-corrected chi connectivity index (χ1v) is 7.98. The van der Waals surface area contributed by atoms with Crippen molar-refractivity contribution in [3.05, 3.63) is 41.0 Å². The van der Waals surface area contributed by atoms with Crippen LogP contribution in [0.2, 0.25) is 0 Å². The van der Waals surface area contributed by atoms with Crippen molar-refractivity contribution in [2.75, 3.05) is 13.1 Å². The van der Waals surface area contributed by atoms with Crippen LogP contribution < -0.4 is 0 Å². The Morgan fingerprint density at radius 1 is 1.19 bits per heavy atom. The highest BCUT2D eigenvalue weighted by atomic mass is 19.1. The first-order valence-electron chi connectivity index (χ1n) is 7.98. The fourth-order valence-electron chi connectivity index (χ4n) is 3.33. The molecule has 0 saturated heterocycles. The smallest absolute Gasteiger partial charge is 0.147 e. The third kappa shape index (κ3) is 2.57. The zero-order chi connectivity index (χ0) is 14.8. The minimum atomic E-state index is -0.135. The third-order valence-corrected chi connectivity index (χ3v) is 4.28. The van der Waals surface area contributed by atoms with Crippen molar-refractivity contribution in [3.63, 3.8) is 0 Å². The summed E-state index contributed by atoms with van der Waals surface area (Å²) in [5, 5.41) is 1.01. The standard InChI is InChI=1S/C18H23FN2/c1-3-9-21(10-4-2)14-6-5-13-11-17(19)18-15(7-8-20-18)16(13)12-14/h7-8,11-12,20H,3-6,9-10H2,1-2H3. The Bertz CT molecular complexity index is 663. The van der Waals surface area contributed by atoms with Crippen LogP contribution in [0.1, 0.15) is 44.2 Å². The third-order valence-electron chi connectivity index (χ3n) is 4.28. The Balaban J connectivity index is 2.05. The average Bonchev–Trinajstić information content (AvgIpc) is 2.97. The van der Waals surface area contributed by atoms with Gasteiger partial charge >= 0.3 is 0 Å². The molecule has 1 aliphatic carbocycles. The fourth-order valence-corrected chi connectivity index (χ4v) is 3.33. The van der Waals surface area contributed by atoms with Crippen molar-refractivity contribution in [1.82, 2.24) is 9.88 Å². The van der Waals surface area contributed by atoms with Crippen LogP contribution in [0.5, 0.6) is 0 Å². The number of halogens is 1. The summed E-state index contributed by atoms with van der Waals surface area (Å²) in [7, 11) is 0. The van der Waals surface area contributed by atoms with E-state index in [1.165, 1.54) is 11.3 Å². The van der Waals surface area contributed by atoms with Crippen LogP contribution in [-0.2, 0) is 6.42 Å². The van der Waals surface area contributed by atoms with Gasteiger partial charge in [0.15, 0.2) is 0 Å². The predicted octanol–water partition coefficient (Wildman–Crippen LogP) is 4.72. The summed E-state index contributed by atoms with van der Waals surface area (Å²) in [5.74, 6) is -0.135. The van der Waals surface area contributed by atoms with Gasteiger partial charge in [0.1, 0.15) is 5.82 Å². The molecule has 1 N–H and O–H groups in total. The molecule has 0 unspecified atom stereocenters. The van der Waals surface area contributed by atoms with E-state index in [0.29, 0.717) is 5.52 Å². The molecule has 3 rings (SSSR count). The predicted molar refractivity (Wildman–Crippen MR) is 86.7 cm³/mol. The molecule has 1 aromatic carbocycles. The summed E-state index contributed by atoms with van der Waals surface area (Å²) in [6.07, 6.45) is 8.37. The second kappa shape index (κ2) is 5.92. The van der Waals surface area contributed by atoms with Crippen LogP contribution in [0.3, 0.4) is 0 Å². The molecule has 0 fully saturated rings. The molecular formula is C18H23FN2. The van der Waals surface area contributed by atoms with E-state index < -0.39 is 0 Å². The maximum absolute atomic E-state index is 14.0. The zero-order valence-corrected chi connectivity index (χ0v) is 12.9. The van der Waals surface area contributed by atoms with Gasteiger partial charge in [0.25, 0.3) is 0 Å². The number of rotatable bonds is 5. The summed E-state index contributed by atoms with van der Waals surface area (Å²) < 4.78 is 14.0. The number of benzene rings is 1. The number of aromatic nitrogens is 1. The molecule has 0 spiro atoms. The summed E-state index contributed by atoms with van der Waals surface area (Å²) in [6, 6.07) is 3.69. The number of hydrogen-bond acceptors (Lipinski definition) is 1. The SMILES string of the molecule is CCCN(CCC)C1=Cc2c(cc(F)c3[nH]ccc23)CC1. The summed E-state index contributed by atoms with van der Waals surface area (Å²) in [4.78, 5) is 5.51. The monoisotopic (exact) mass is 286 g/mol. The van der Waals surface area contributed by atoms with Crippen LogP contribution >= 0.6 is 0 Å². The second-order valence-electron chi connectivity index (χ2n) is 5.82. The topological polar surface area (TPSA) is 19.0 Å². The molecule has 3 heteroatoms. The van der Waals surface area contributed by atoms with Gasteiger partial charge in [-0.1, -0.05) is 13.8 Å². The molecule has 1 aliphatic rings. The van der Waals surface area contributed by atoms with E-state index in [2.05, 4.69) is 29.8 Å². The number of fused-ring (bicyclic) bond motifs is 3. The van der Waals surface area contributed by atoms with Gasteiger partial charge in [-0.3, -0.25) is 0 Å². The summed E-state index contributed by atoms with van der Waals surface area (Å²) in [5.41, 5.74) is 4.37. The Labute approximate surface area is 125 Å². The molecular weight excluding hydrogens is 263 g/mol. The molecule has 2 aromatic rings. The fraction of sp³-hybridized carbons (Fsp3) is 0.444. The number of hydrogen-bond donors (Lipinski definition) is 1. The van der Waals surface area contributed by atoms with Crippen LogP contribution in [0, 0.1) is 5.82 Å². The van der Waals surface area contributed by atoms with Gasteiger partial charge in [-0.05, 0) is 55.0 Å². The molecule has 0 atom stereocenters. The first-order chi connectivity index (χ1) is 10.2. The minimum absolute atomic E-state index is 0.135. The molecule has 1 aromatic heterocycles. The Hall–Kier alpha value is -1.77. The molecule has 1 heterocycles. The van der Waals surface area contributed by atoms with Crippen molar-refractivity contribution < 1.29 is 4.39 Å². The maximum Gasteiger partial charge on any atom is 0.147 e. The van der Waals surface area contributed by atoms with Crippen LogP contribution in [-0.4, -0.2) is 23.0 Å². The lowest BCUT2D eigenvalue weighted by molar-refractivity contribution is 0.334. The highest BCUT2D eigenvalue weighted by Gasteiger charge is 2.19. The van der Waals surface area contributed by atoms with Crippen LogP contribution in [0.4, 0.5) is 4.39 Å². The highest BCUT2D eigenvalue weighted by molar-refractivity contribution is 5.91. The molecule has 2 nitrogen and oxygen atoms in total. The lowest BCUT2D eigenvalue weighted by Gasteiger charge is -2.30. The molecule has 112 valence electrons. The number of nitrogens with one attached hydrogen (secondary N) is 1. The number of allylic oxidation sites excluding steroid dienone is 1. The summed E-state index contributed by atoms with van der Waals surface area (Å²) in [6.45, 7) is 6.65. The highest BCUT2D eigenvalue weighted by Crippen LogP contribution is 2.33. The van der Waals surface area contributed by atoms with E-state index in [-0.39, 0.29) is 5.82 Å². The Kier molecular flexibility index (Phi) is 4.00. The zero-order valence-electron chi connectivity index (χ0n) is 12.9. The van der Waals surface area contributed by atoms with Crippen molar-refractivity contribution in [3.8, 4) is 0 Å². The molecule has 21 heavy (non-hydrogen) atoms. The largest absolute Gasteiger partial charge is 0.375 e. The Morgan fingerprint density at radius 2 is 1.95 bits per heavy atom. The Morgan fingerprint density at radius 3 is 2.67 bits per heavy atom. The van der Waals surface area contributed by atoms with Crippen molar-refractivity contribution in [1.29, 1.82) is 0 Å². The number of aromatic amines is 1. The van der Waals surface area contributed by atoms with E-state index in [1.54, 1.807) is 6.07 Å². The van der Waals surface area contributed by atoms with Crippen molar-refractivity contribution >= 4 is 17.0 Å². The quantitative estimate of drug-likeness (QED) is 0.843. The van der Waals surface area contributed by atoms with Gasteiger partial charge in [0.05, 0.1) is 5.52 Å².